The van der Waals surface area contributed by atoms with Crippen molar-refractivity contribution in [1.82, 2.24) is 5.32 Å². The lowest BCUT2D eigenvalue weighted by Gasteiger charge is -2.18. The first-order chi connectivity index (χ1) is 23.9. The molecule has 0 aliphatic heterocycles. The molecule has 0 spiro atoms. The molecule has 0 radical (unpaired) electrons. The van der Waals surface area contributed by atoms with Gasteiger partial charge in [-0.15, -0.1) is 0 Å². The molecule has 0 fully saturated rings. The van der Waals surface area contributed by atoms with Gasteiger partial charge in [-0.3, -0.25) is 9.59 Å². The van der Waals surface area contributed by atoms with E-state index in [0.29, 0.717) is 38.6 Å². The zero-order valence-electron chi connectivity index (χ0n) is 31.8. The number of hydrogen-bond donors (Lipinski definition) is 3. The Hall–Kier alpha value is -2.41. The molecule has 4 N–H and O–H groups in total. The van der Waals surface area contributed by atoms with Crippen molar-refractivity contribution in [2.45, 2.75) is 206 Å². The number of amides is 1. The third kappa shape index (κ3) is 33.8. The summed E-state index contributed by atoms with van der Waals surface area (Å²) in [7, 11) is 0. The van der Waals surface area contributed by atoms with Crippen molar-refractivity contribution in [2.75, 3.05) is 6.54 Å². The molecule has 0 bridgehead atoms. The van der Waals surface area contributed by atoms with Crippen LogP contribution in [0.4, 0.5) is 0 Å². The number of carboxylic acids is 1. The number of hydrogen-bond acceptors (Lipinski definition) is 5. The van der Waals surface area contributed by atoms with Gasteiger partial charge in [0.15, 0.2) is 0 Å². The summed E-state index contributed by atoms with van der Waals surface area (Å²) in [6, 6.07) is -0.874. The van der Waals surface area contributed by atoms with E-state index >= 15 is 0 Å². The second kappa shape index (κ2) is 36.9. The molecule has 0 saturated carbocycles. The summed E-state index contributed by atoms with van der Waals surface area (Å²) in [5.74, 6) is -1.33. The number of nitrogens with two attached hydrogens (primary N) is 1. The molecule has 7 heteroatoms. The van der Waals surface area contributed by atoms with Crippen molar-refractivity contribution < 1.29 is 24.2 Å². The maximum absolute atomic E-state index is 12.6. The highest BCUT2D eigenvalue weighted by atomic mass is 16.5. The molecular formula is C42H76N2O5. The second-order valence-corrected chi connectivity index (χ2v) is 13.7. The Morgan fingerprint density at radius 2 is 1.06 bits per heavy atom. The van der Waals surface area contributed by atoms with Crippen LogP contribution in [0, 0.1) is 0 Å². The molecule has 0 aromatic carbocycles. The van der Waals surface area contributed by atoms with Crippen LogP contribution in [0.5, 0.6) is 0 Å². The van der Waals surface area contributed by atoms with Crippen LogP contribution in [0.25, 0.3) is 0 Å². The van der Waals surface area contributed by atoms with Crippen molar-refractivity contribution in [3.63, 3.8) is 0 Å². The summed E-state index contributed by atoms with van der Waals surface area (Å²) in [4.78, 5) is 36.1. The molecule has 1 amide bonds. The Morgan fingerprint density at radius 1 is 0.592 bits per heavy atom. The molecule has 0 aliphatic rings. The largest absolute Gasteiger partial charge is 0.480 e. The number of unbranched alkanes of at least 4 members (excludes halogenated alkanes) is 16. The molecule has 2 atom stereocenters. The standard InChI is InChI=1S/C42H76N2O5/c1-3-5-7-9-10-11-12-13-14-15-16-17-18-19-20-21-22-23-24-25-30-36-41(46)49-38(32-27-8-6-4-2)33-28-26-29-35-40(45)44-39(42(47)48)34-31-37-43/h12-13,15-16,18-19,38-39H,3-11,14,17,20-37,43H2,1-2H3,(H,44,45)(H,47,48)/b13-12-,16-15-,19-18-. The van der Waals surface area contributed by atoms with Crippen molar-refractivity contribution in [1.29, 1.82) is 0 Å². The van der Waals surface area contributed by atoms with E-state index in [1.165, 1.54) is 77.0 Å². The normalized spacial score (nSPS) is 13.0. The minimum Gasteiger partial charge on any atom is -0.480 e. The number of nitrogens with one attached hydrogen (secondary N) is 1. The van der Waals surface area contributed by atoms with Crippen LogP contribution in [0.15, 0.2) is 36.5 Å². The molecular weight excluding hydrogens is 612 g/mol. The monoisotopic (exact) mass is 689 g/mol. The lowest BCUT2D eigenvalue weighted by Crippen LogP contribution is -2.40. The molecule has 2 unspecified atom stereocenters. The van der Waals surface area contributed by atoms with E-state index < -0.39 is 12.0 Å². The Labute approximate surface area is 301 Å². The van der Waals surface area contributed by atoms with E-state index in [2.05, 4.69) is 55.6 Å². The minimum atomic E-state index is -1.02. The van der Waals surface area contributed by atoms with Gasteiger partial charge in [-0.05, 0) is 96.4 Å². The van der Waals surface area contributed by atoms with Crippen molar-refractivity contribution in [2.24, 2.45) is 5.73 Å². The molecule has 7 nitrogen and oxygen atoms in total. The zero-order valence-corrected chi connectivity index (χ0v) is 31.8. The highest BCUT2D eigenvalue weighted by Gasteiger charge is 2.19. The van der Waals surface area contributed by atoms with Crippen LogP contribution in [0.3, 0.4) is 0 Å². The highest BCUT2D eigenvalue weighted by molar-refractivity contribution is 5.83. The van der Waals surface area contributed by atoms with E-state index in [0.717, 1.165) is 70.6 Å². The minimum absolute atomic E-state index is 0.0545. The predicted octanol–water partition coefficient (Wildman–Crippen LogP) is 11.1. The molecule has 0 aromatic rings. The van der Waals surface area contributed by atoms with E-state index in [4.69, 9.17) is 10.5 Å². The number of allylic oxidation sites excluding steroid dienone is 6. The summed E-state index contributed by atoms with van der Waals surface area (Å²) >= 11 is 0. The summed E-state index contributed by atoms with van der Waals surface area (Å²) in [6.07, 6.45) is 42.1. The number of aliphatic carboxylic acids is 1. The number of carbonyl (C=O) groups is 3. The SMILES string of the molecule is CCCCCCC/C=C\C/C=C\C/C=C\CCCCCCCCC(=O)OC(CCCCCC)CCCCCC(=O)NC(CCCN)C(=O)O. The van der Waals surface area contributed by atoms with E-state index in [1.807, 2.05) is 0 Å². The van der Waals surface area contributed by atoms with Crippen molar-refractivity contribution >= 4 is 17.8 Å². The first-order valence-corrected chi connectivity index (χ1v) is 20.3. The number of ether oxygens (including phenoxy) is 1. The van der Waals surface area contributed by atoms with Crippen molar-refractivity contribution in [3.8, 4) is 0 Å². The van der Waals surface area contributed by atoms with Crippen LogP contribution in [-0.2, 0) is 19.1 Å². The molecule has 0 aromatic heterocycles. The lowest BCUT2D eigenvalue weighted by molar-refractivity contribution is -0.150. The van der Waals surface area contributed by atoms with E-state index in [-0.39, 0.29) is 18.0 Å². The second-order valence-electron chi connectivity index (χ2n) is 13.7. The van der Waals surface area contributed by atoms with Crippen molar-refractivity contribution in [3.05, 3.63) is 36.5 Å². The van der Waals surface area contributed by atoms with Gasteiger partial charge in [0.25, 0.3) is 0 Å². The van der Waals surface area contributed by atoms with Crippen LogP contribution in [0.1, 0.15) is 194 Å². The van der Waals surface area contributed by atoms with Gasteiger partial charge in [-0.2, -0.15) is 0 Å². The van der Waals surface area contributed by atoms with Gasteiger partial charge in [0.05, 0.1) is 0 Å². The molecule has 0 rings (SSSR count). The Morgan fingerprint density at radius 3 is 1.61 bits per heavy atom. The fourth-order valence-corrected chi connectivity index (χ4v) is 5.87. The highest BCUT2D eigenvalue weighted by Crippen LogP contribution is 2.18. The topological polar surface area (TPSA) is 119 Å². The van der Waals surface area contributed by atoms with E-state index in [1.54, 1.807) is 0 Å². The van der Waals surface area contributed by atoms with Gasteiger partial charge >= 0.3 is 11.9 Å². The van der Waals surface area contributed by atoms with Gasteiger partial charge in [-0.25, -0.2) is 4.79 Å². The van der Waals surface area contributed by atoms with Gasteiger partial charge in [-0.1, -0.05) is 127 Å². The van der Waals surface area contributed by atoms with Crippen LogP contribution in [-0.4, -0.2) is 41.6 Å². The Balaban J connectivity index is 4.00. The third-order valence-corrected chi connectivity index (χ3v) is 8.96. The quantitative estimate of drug-likeness (QED) is 0.0342. The molecule has 0 heterocycles. The summed E-state index contributed by atoms with van der Waals surface area (Å²) in [5.41, 5.74) is 5.47. The van der Waals surface area contributed by atoms with Gasteiger partial charge in [0, 0.05) is 12.8 Å². The third-order valence-electron chi connectivity index (χ3n) is 8.96. The first-order valence-electron chi connectivity index (χ1n) is 20.3. The van der Waals surface area contributed by atoms with Crippen LogP contribution >= 0.6 is 0 Å². The predicted molar refractivity (Wildman–Crippen MR) is 207 cm³/mol. The number of carboxylic acid groups (broad SMARTS) is 1. The average Bonchev–Trinajstić information content (AvgIpc) is 3.08. The fraction of sp³-hybridized carbons (Fsp3) is 0.786. The lowest BCUT2D eigenvalue weighted by atomic mass is 10.0. The Kier molecular flexibility index (Phi) is 35.0. The van der Waals surface area contributed by atoms with Gasteiger partial charge in [0.2, 0.25) is 5.91 Å². The summed E-state index contributed by atoms with van der Waals surface area (Å²) in [6.45, 7) is 4.86. The summed E-state index contributed by atoms with van der Waals surface area (Å²) < 4.78 is 5.91. The van der Waals surface area contributed by atoms with Crippen LogP contribution < -0.4 is 11.1 Å². The van der Waals surface area contributed by atoms with E-state index in [9.17, 15) is 19.5 Å². The Bertz CT molecular complexity index is 869. The number of esters is 1. The maximum Gasteiger partial charge on any atom is 0.326 e. The van der Waals surface area contributed by atoms with Gasteiger partial charge < -0.3 is 20.9 Å². The molecule has 284 valence electrons. The average molecular weight is 689 g/mol. The fourth-order valence-electron chi connectivity index (χ4n) is 5.87. The smallest absolute Gasteiger partial charge is 0.326 e. The van der Waals surface area contributed by atoms with Crippen LogP contribution in [0.2, 0.25) is 0 Å². The molecule has 0 saturated heterocycles. The number of rotatable bonds is 36. The maximum atomic E-state index is 12.6. The molecule has 0 aliphatic carbocycles. The molecule has 49 heavy (non-hydrogen) atoms. The summed E-state index contributed by atoms with van der Waals surface area (Å²) in [5, 5.41) is 11.9. The zero-order chi connectivity index (χ0) is 36.0. The number of carbonyl (C=O) groups excluding carboxylic acids is 2. The first kappa shape index (κ1) is 46.6. The van der Waals surface area contributed by atoms with Gasteiger partial charge in [0.1, 0.15) is 12.1 Å².